The zero-order valence-corrected chi connectivity index (χ0v) is 12.3. The summed E-state index contributed by atoms with van der Waals surface area (Å²) in [4.78, 5) is 13.1. The normalized spacial score (nSPS) is 20.2. The van der Waals surface area contributed by atoms with Crippen molar-refractivity contribution >= 4 is 11.6 Å². The van der Waals surface area contributed by atoms with Gasteiger partial charge in [0.1, 0.15) is 18.5 Å². The van der Waals surface area contributed by atoms with Crippen molar-refractivity contribution in [2.24, 2.45) is 0 Å². The molecule has 4 N–H and O–H groups in total. The number of para-hydroxylation sites is 2. The third kappa shape index (κ3) is 4.91. The van der Waals surface area contributed by atoms with E-state index in [1.54, 1.807) is 12.1 Å². The number of anilines is 1. The van der Waals surface area contributed by atoms with Crippen molar-refractivity contribution < 1.29 is 14.6 Å². The van der Waals surface area contributed by atoms with E-state index in [4.69, 9.17) is 10.5 Å². The summed E-state index contributed by atoms with van der Waals surface area (Å²) < 4.78 is 5.53. The highest BCUT2D eigenvalue weighted by molar-refractivity contribution is 5.73. The fourth-order valence-corrected chi connectivity index (χ4v) is 2.55. The van der Waals surface area contributed by atoms with E-state index in [2.05, 4.69) is 10.2 Å². The lowest BCUT2D eigenvalue weighted by Gasteiger charge is -2.20. The maximum atomic E-state index is 11.0. The molecule has 1 amide bonds. The second kappa shape index (κ2) is 7.28. The number of aliphatic hydroxyl groups is 1. The number of rotatable bonds is 6. The van der Waals surface area contributed by atoms with Gasteiger partial charge >= 0.3 is 0 Å². The minimum Gasteiger partial charge on any atom is -0.489 e. The van der Waals surface area contributed by atoms with E-state index < -0.39 is 6.10 Å². The molecule has 1 fully saturated rings. The first-order valence-electron chi connectivity index (χ1n) is 7.19. The third-order valence-corrected chi connectivity index (χ3v) is 3.50. The van der Waals surface area contributed by atoms with E-state index in [9.17, 15) is 9.90 Å². The van der Waals surface area contributed by atoms with Gasteiger partial charge in [0.25, 0.3) is 0 Å². The van der Waals surface area contributed by atoms with Crippen LogP contribution in [0.2, 0.25) is 0 Å². The molecule has 6 heteroatoms. The summed E-state index contributed by atoms with van der Waals surface area (Å²) >= 11 is 0. The molecule has 0 radical (unpaired) electrons. The number of carbonyl (C=O) groups excluding carboxylic acids is 1. The molecule has 2 unspecified atom stereocenters. The molecule has 6 nitrogen and oxygen atoms in total. The first-order valence-corrected chi connectivity index (χ1v) is 7.19. The summed E-state index contributed by atoms with van der Waals surface area (Å²) in [6, 6.07) is 7.41. The highest BCUT2D eigenvalue weighted by Crippen LogP contribution is 2.20. The molecule has 1 heterocycles. The Kier molecular flexibility index (Phi) is 5.41. The highest BCUT2D eigenvalue weighted by atomic mass is 16.5. The molecule has 1 aromatic rings. The number of nitrogens with one attached hydrogen (secondary N) is 1. The minimum atomic E-state index is -0.583. The number of nitrogen functional groups attached to an aromatic ring is 1. The van der Waals surface area contributed by atoms with Crippen LogP contribution in [-0.2, 0) is 4.79 Å². The van der Waals surface area contributed by atoms with Crippen LogP contribution >= 0.6 is 0 Å². The zero-order chi connectivity index (χ0) is 15.2. The van der Waals surface area contributed by atoms with Crippen LogP contribution in [-0.4, -0.2) is 54.3 Å². The second-order valence-corrected chi connectivity index (χ2v) is 5.45. The lowest BCUT2D eigenvalue weighted by atomic mass is 10.2. The number of amides is 1. The number of aliphatic hydroxyl groups excluding tert-OH is 1. The maximum Gasteiger partial charge on any atom is 0.217 e. The molecule has 0 spiro atoms. The van der Waals surface area contributed by atoms with Gasteiger partial charge in [-0.15, -0.1) is 0 Å². The number of ether oxygens (including phenoxy) is 1. The van der Waals surface area contributed by atoms with Crippen LogP contribution in [0, 0.1) is 0 Å². The lowest BCUT2D eigenvalue weighted by molar-refractivity contribution is -0.119. The molecule has 0 aliphatic carbocycles. The number of β-amino-alcohol motifs (C(OH)–C–C–N with tert-alkyl or cyclic N) is 1. The van der Waals surface area contributed by atoms with Crippen LogP contribution in [0.25, 0.3) is 0 Å². The van der Waals surface area contributed by atoms with Crippen LogP contribution < -0.4 is 15.8 Å². The Balaban J connectivity index is 1.72. The van der Waals surface area contributed by atoms with Gasteiger partial charge in [-0.2, -0.15) is 0 Å². The summed E-state index contributed by atoms with van der Waals surface area (Å²) in [5.41, 5.74) is 6.34. The van der Waals surface area contributed by atoms with E-state index in [-0.39, 0.29) is 18.6 Å². The Bertz CT molecular complexity index is 481. The van der Waals surface area contributed by atoms with Crippen molar-refractivity contribution in [1.29, 1.82) is 0 Å². The zero-order valence-electron chi connectivity index (χ0n) is 12.3. The summed E-state index contributed by atoms with van der Waals surface area (Å²) in [6.07, 6.45) is 0.333. The topological polar surface area (TPSA) is 87.8 Å². The van der Waals surface area contributed by atoms with E-state index in [1.807, 2.05) is 12.1 Å². The molecule has 0 bridgehead atoms. The van der Waals surface area contributed by atoms with Gasteiger partial charge < -0.3 is 20.9 Å². The van der Waals surface area contributed by atoms with Gasteiger partial charge in [-0.05, 0) is 18.6 Å². The predicted octanol–water partition coefficient (Wildman–Crippen LogP) is 0.219. The van der Waals surface area contributed by atoms with Crippen molar-refractivity contribution in [2.75, 3.05) is 32.0 Å². The smallest absolute Gasteiger partial charge is 0.217 e. The second-order valence-electron chi connectivity index (χ2n) is 5.45. The average molecular weight is 293 g/mol. The molecule has 0 saturated carbocycles. The third-order valence-electron chi connectivity index (χ3n) is 3.50. The van der Waals surface area contributed by atoms with Gasteiger partial charge in [0.05, 0.1) is 5.69 Å². The largest absolute Gasteiger partial charge is 0.489 e. The Labute approximate surface area is 124 Å². The Hall–Kier alpha value is -1.79. The molecule has 1 aromatic carbocycles. The number of benzene rings is 1. The van der Waals surface area contributed by atoms with Crippen LogP contribution in [0.1, 0.15) is 13.3 Å². The van der Waals surface area contributed by atoms with Crippen LogP contribution in [0.3, 0.4) is 0 Å². The number of likely N-dealkylation sites (tertiary alicyclic amines) is 1. The molecular formula is C15H23N3O3. The SMILES string of the molecule is CC(=O)NC1CCN(CC(O)COc2ccccc2N)C1. The quantitative estimate of drug-likeness (QED) is 0.653. The van der Waals surface area contributed by atoms with Gasteiger partial charge in [-0.1, -0.05) is 12.1 Å². The van der Waals surface area contributed by atoms with Crippen molar-refractivity contribution in [1.82, 2.24) is 10.2 Å². The van der Waals surface area contributed by atoms with Gasteiger partial charge in [0.2, 0.25) is 5.91 Å². The van der Waals surface area contributed by atoms with E-state index in [0.717, 1.165) is 19.5 Å². The monoisotopic (exact) mass is 293 g/mol. The molecule has 1 aliphatic heterocycles. The summed E-state index contributed by atoms with van der Waals surface area (Å²) in [5, 5.41) is 12.9. The summed E-state index contributed by atoms with van der Waals surface area (Å²) in [5.74, 6) is 0.583. The fourth-order valence-electron chi connectivity index (χ4n) is 2.55. The van der Waals surface area contributed by atoms with Crippen LogP contribution in [0.15, 0.2) is 24.3 Å². The molecule has 116 valence electrons. The van der Waals surface area contributed by atoms with E-state index in [1.165, 1.54) is 6.92 Å². The maximum absolute atomic E-state index is 11.0. The predicted molar refractivity (Wildman–Crippen MR) is 81.0 cm³/mol. The Morgan fingerprint density at radius 2 is 2.33 bits per heavy atom. The molecule has 2 atom stereocenters. The summed E-state index contributed by atoms with van der Waals surface area (Å²) in [6.45, 7) is 3.90. The number of hydrogen-bond donors (Lipinski definition) is 3. The van der Waals surface area contributed by atoms with Gasteiger partial charge in [-0.25, -0.2) is 0 Å². The Morgan fingerprint density at radius 3 is 3.05 bits per heavy atom. The van der Waals surface area contributed by atoms with Crippen molar-refractivity contribution in [2.45, 2.75) is 25.5 Å². The summed E-state index contributed by atoms with van der Waals surface area (Å²) in [7, 11) is 0. The van der Waals surface area contributed by atoms with Crippen molar-refractivity contribution in [3.05, 3.63) is 24.3 Å². The Morgan fingerprint density at radius 1 is 1.57 bits per heavy atom. The van der Waals surface area contributed by atoms with E-state index >= 15 is 0 Å². The molecule has 0 aromatic heterocycles. The standard InChI is InChI=1S/C15H23N3O3/c1-11(19)17-12-6-7-18(8-12)9-13(20)10-21-15-5-3-2-4-14(15)16/h2-5,12-13,20H,6-10,16H2,1H3,(H,17,19). The fraction of sp³-hybridized carbons (Fsp3) is 0.533. The van der Waals surface area contributed by atoms with Gasteiger partial charge in [0.15, 0.2) is 0 Å². The molecular weight excluding hydrogens is 270 g/mol. The number of nitrogens with two attached hydrogens (primary N) is 1. The van der Waals surface area contributed by atoms with Crippen molar-refractivity contribution in [3.63, 3.8) is 0 Å². The highest BCUT2D eigenvalue weighted by Gasteiger charge is 2.24. The molecule has 1 saturated heterocycles. The van der Waals surface area contributed by atoms with E-state index in [0.29, 0.717) is 18.0 Å². The lowest BCUT2D eigenvalue weighted by Crippen LogP contribution is -2.38. The molecule has 21 heavy (non-hydrogen) atoms. The molecule has 2 rings (SSSR count). The average Bonchev–Trinajstić information content (AvgIpc) is 2.84. The van der Waals surface area contributed by atoms with Gasteiger partial charge in [0, 0.05) is 32.6 Å². The molecule has 1 aliphatic rings. The van der Waals surface area contributed by atoms with Crippen molar-refractivity contribution in [3.8, 4) is 5.75 Å². The minimum absolute atomic E-state index is 0.00900. The number of carbonyl (C=O) groups is 1. The first-order chi connectivity index (χ1) is 10.0. The number of nitrogens with zero attached hydrogens (tertiary/aromatic N) is 1. The van der Waals surface area contributed by atoms with Crippen LogP contribution in [0.5, 0.6) is 5.75 Å². The van der Waals surface area contributed by atoms with Crippen LogP contribution in [0.4, 0.5) is 5.69 Å². The first kappa shape index (κ1) is 15.6. The van der Waals surface area contributed by atoms with Gasteiger partial charge in [-0.3, -0.25) is 9.69 Å². The number of hydrogen-bond acceptors (Lipinski definition) is 5.